The van der Waals surface area contributed by atoms with E-state index in [4.69, 9.17) is 0 Å². The topological polar surface area (TPSA) is 41.1 Å². The zero-order valence-electron chi connectivity index (χ0n) is 9.30. The van der Waals surface area contributed by atoms with Crippen LogP contribution in [0.25, 0.3) is 0 Å². The summed E-state index contributed by atoms with van der Waals surface area (Å²) in [5.41, 5.74) is 0.683. The zero-order chi connectivity index (χ0) is 12.3. The first-order valence-corrected chi connectivity index (χ1v) is 6.71. The summed E-state index contributed by atoms with van der Waals surface area (Å²) in [6.07, 6.45) is 1.94. The third-order valence-electron chi connectivity index (χ3n) is 2.86. The van der Waals surface area contributed by atoms with E-state index < -0.39 is 0 Å². The van der Waals surface area contributed by atoms with Crippen LogP contribution in [0, 0.1) is 15.3 Å². The summed E-state index contributed by atoms with van der Waals surface area (Å²) in [6, 6.07) is 4.37. The van der Waals surface area contributed by atoms with E-state index in [9.17, 15) is 9.18 Å². The molecule has 1 aliphatic heterocycles. The molecule has 92 valence electrons. The highest BCUT2D eigenvalue weighted by Gasteiger charge is 2.21. The van der Waals surface area contributed by atoms with Gasteiger partial charge in [0.15, 0.2) is 0 Å². The van der Waals surface area contributed by atoms with E-state index >= 15 is 0 Å². The van der Waals surface area contributed by atoms with Gasteiger partial charge in [-0.3, -0.25) is 4.79 Å². The van der Waals surface area contributed by atoms with E-state index in [2.05, 4.69) is 10.6 Å². The van der Waals surface area contributed by atoms with Crippen molar-refractivity contribution < 1.29 is 9.18 Å². The predicted octanol–water partition coefficient (Wildman–Crippen LogP) is 2.37. The standard InChI is InChI=1S/C12H14FIN2O/c13-9-3-4-11(10(14)6-9)16-12(17)8-2-1-5-15-7-8/h3-4,6,8,15H,1-2,5,7H2,(H,16,17). The van der Waals surface area contributed by atoms with Gasteiger partial charge in [0.25, 0.3) is 0 Å². The number of carbonyl (C=O) groups is 1. The summed E-state index contributed by atoms with van der Waals surface area (Å²) in [5, 5.41) is 6.06. The molecular formula is C12H14FIN2O. The van der Waals surface area contributed by atoms with E-state index in [0.29, 0.717) is 5.69 Å². The second-order valence-electron chi connectivity index (χ2n) is 4.16. The molecule has 1 aromatic rings. The van der Waals surface area contributed by atoms with Crippen molar-refractivity contribution in [3.05, 3.63) is 27.6 Å². The molecule has 1 heterocycles. The number of nitrogens with one attached hydrogen (secondary N) is 2. The van der Waals surface area contributed by atoms with Crippen molar-refractivity contribution in [2.24, 2.45) is 5.92 Å². The number of carbonyl (C=O) groups excluding carboxylic acids is 1. The summed E-state index contributed by atoms with van der Waals surface area (Å²) in [7, 11) is 0. The smallest absolute Gasteiger partial charge is 0.228 e. The third kappa shape index (κ3) is 3.38. The first-order chi connectivity index (χ1) is 8.16. The summed E-state index contributed by atoms with van der Waals surface area (Å²) in [4.78, 5) is 12.0. The SMILES string of the molecule is O=C(Nc1ccc(F)cc1I)C1CCCNC1. The predicted molar refractivity (Wildman–Crippen MR) is 73.3 cm³/mol. The lowest BCUT2D eigenvalue weighted by Crippen LogP contribution is -2.37. The average Bonchev–Trinajstić information content (AvgIpc) is 2.34. The van der Waals surface area contributed by atoms with Crippen LogP contribution in [0.4, 0.5) is 10.1 Å². The lowest BCUT2D eigenvalue weighted by atomic mass is 9.99. The van der Waals surface area contributed by atoms with Gasteiger partial charge in [0.1, 0.15) is 5.82 Å². The molecule has 1 unspecified atom stereocenters. The molecule has 0 aliphatic carbocycles. The molecule has 0 aromatic heterocycles. The Balaban J connectivity index is 2.02. The quantitative estimate of drug-likeness (QED) is 0.806. The molecule has 1 aromatic carbocycles. The lowest BCUT2D eigenvalue weighted by molar-refractivity contribution is -0.120. The fourth-order valence-electron chi connectivity index (χ4n) is 1.90. The molecule has 1 amide bonds. The molecule has 0 bridgehead atoms. The third-order valence-corrected chi connectivity index (χ3v) is 3.75. The molecule has 0 spiro atoms. The number of hydrogen-bond acceptors (Lipinski definition) is 2. The fourth-order valence-corrected chi connectivity index (χ4v) is 2.51. The monoisotopic (exact) mass is 348 g/mol. The van der Waals surface area contributed by atoms with Gasteiger partial charge in [0.05, 0.1) is 11.6 Å². The van der Waals surface area contributed by atoms with Gasteiger partial charge in [-0.25, -0.2) is 4.39 Å². The van der Waals surface area contributed by atoms with Gasteiger partial charge >= 0.3 is 0 Å². The van der Waals surface area contributed by atoms with Crippen molar-refractivity contribution in [2.45, 2.75) is 12.8 Å². The number of benzene rings is 1. The molecule has 1 aliphatic rings. The Hall–Kier alpha value is -0.690. The Morgan fingerprint density at radius 1 is 1.53 bits per heavy atom. The number of halogens is 2. The van der Waals surface area contributed by atoms with E-state index in [-0.39, 0.29) is 17.6 Å². The van der Waals surface area contributed by atoms with Crippen molar-refractivity contribution in [1.29, 1.82) is 0 Å². The summed E-state index contributed by atoms with van der Waals surface area (Å²) >= 11 is 2.02. The van der Waals surface area contributed by atoms with Crippen LogP contribution >= 0.6 is 22.6 Å². The highest BCUT2D eigenvalue weighted by molar-refractivity contribution is 14.1. The van der Waals surface area contributed by atoms with E-state index in [1.165, 1.54) is 12.1 Å². The van der Waals surface area contributed by atoms with Crippen LogP contribution in [0.5, 0.6) is 0 Å². The Morgan fingerprint density at radius 3 is 3.00 bits per heavy atom. The van der Waals surface area contributed by atoms with Gasteiger partial charge in [-0.05, 0) is 60.2 Å². The molecule has 0 saturated carbocycles. The van der Waals surface area contributed by atoms with E-state index in [1.807, 2.05) is 22.6 Å². The summed E-state index contributed by atoms with van der Waals surface area (Å²) < 4.78 is 13.6. The van der Waals surface area contributed by atoms with Crippen LogP contribution in [-0.2, 0) is 4.79 Å². The number of hydrogen-bond donors (Lipinski definition) is 2. The number of piperidine rings is 1. The Bertz CT molecular complexity index is 419. The van der Waals surface area contributed by atoms with Gasteiger partial charge in [-0.2, -0.15) is 0 Å². The molecule has 5 heteroatoms. The van der Waals surface area contributed by atoms with Crippen molar-refractivity contribution >= 4 is 34.2 Å². The van der Waals surface area contributed by atoms with Crippen molar-refractivity contribution in [3.63, 3.8) is 0 Å². The highest BCUT2D eigenvalue weighted by atomic mass is 127. The van der Waals surface area contributed by atoms with Gasteiger partial charge in [0, 0.05) is 10.1 Å². The van der Waals surface area contributed by atoms with Gasteiger partial charge in [0.2, 0.25) is 5.91 Å². The maximum absolute atomic E-state index is 12.9. The van der Waals surface area contributed by atoms with Gasteiger partial charge < -0.3 is 10.6 Å². The molecule has 2 N–H and O–H groups in total. The number of amides is 1. The fraction of sp³-hybridized carbons (Fsp3) is 0.417. The molecular weight excluding hydrogens is 334 g/mol. The van der Waals surface area contributed by atoms with Crippen LogP contribution in [-0.4, -0.2) is 19.0 Å². The normalized spacial score (nSPS) is 20.0. The molecule has 1 saturated heterocycles. The highest BCUT2D eigenvalue weighted by Crippen LogP contribution is 2.20. The molecule has 1 atom stereocenters. The lowest BCUT2D eigenvalue weighted by Gasteiger charge is -2.22. The molecule has 1 fully saturated rings. The summed E-state index contributed by atoms with van der Waals surface area (Å²) in [5.74, 6) is -0.252. The Labute approximate surface area is 113 Å². The average molecular weight is 348 g/mol. The second-order valence-corrected chi connectivity index (χ2v) is 5.32. The maximum atomic E-state index is 12.9. The molecule has 3 nitrogen and oxygen atoms in total. The molecule has 0 radical (unpaired) electrons. The number of rotatable bonds is 2. The van der Waals surface area contributed by atoms with Gasteiger partial charge in [-0.15, -0.1) is 0 Å². The summed E-state index contributed by atoms with van der Waals surface area (Å²) in [6.45, 7) is 1.71. The van der Waals surface area contributed by atoms with Crippen LogP contribution in [0.1, 0.15) is 12.8 Å². The first kappa shape index (κ1) is 12.8. The van der Waals surface area contributed by atoms with Gasteiger partial charge in [-0.1, -0.05) is 0 Å². The van der Waals surface area contributed by atoms with Crippen LogP contribution in [0.2, 0.25) is 0 Å². The van der Waals surface area contributed by atoms with Crippen LogP contribution < -0.4 is 10.6 Å². The van der Waals surface area contributed by atoms with Crippen molar-refractivity contribution in [2.75, 3.05) is 18.4 Å². The molecule has 2 rings (SSSR count). The zero-order valence-corrected chi connectivity index (χ0v) is 11.5. The first-order valence-electron chi connectivity index (χ1n) is 5.63. The Morgan fingerprint density at radius 2 is 2.35 bits per heavy atom. The molecule has 17 heavy (non-hydrogen) atoms. The van der Waals surface area contributed by atoms with Crippen LogP contribution in [0.3, 0.4) is 0 Å². The minimum atomic E-state index is -0.285. The maximum Gasteiger partial charge on any atom is 0.228 e. The van der Waals surface area contributed by atoms with E-state index in [1.54, 1.807) is 6.07 Å². The minimum absolute atomic E-state index is 0.0155. The van der Waals surface area contributed by atoms with E-state index in [0.717, 1.165) is 29.5 Å². The largest absolute Gasteiger partial charge is 0.325 e. The van der Waals surface area contributed by atoms with Crippen molar-refractivity contribution in [1.82, 2.24) is 5.32 Å². The Kier molecular flexibility index (Phi) is 4.33. The number of anilines is 1. The second kappa shape index (κ2) is 5.77. The van der Waals surface area contributed by atoms with Crippen molar-refractivity contribution in [3.8, 4) is 0 Å². The van der Waals surface area contributed by atoms with Crippen LogP contribution in [0.15, 0.2) is 18.2 Å². The minimum Gasteiger partial charge on any atom is -0.325 e.